The van der Waals surface area contributed by atoms with Crippen LogP contribution in [0, 0.1) is 0 Å². The van der Waals surface area contributed by atoms with Gasteiger partial charge in [-0.2, -0.15) is 0 Å². The van der Waals surface area contributed by atoms with E-state index in [1.165, 1.54) is 0 Å². The number of amides is 1. The molecule has 1 amide bonds. The molecule has 0 aliphatic carbocycles. The summed E-state index contributed by atoms with van der Waals surface area (Å²) in [5, 5.41) is 12.9. The Labute approximate surface area is 154 Å². The summed E-state index contributed by atoms with van der Waals surface area (Å²) in [4.78, 5) is 16.3. The summed E-state index contributed by atoms with van der Waals surface area (Å²) in [5.74, 6) is 0.481. The molecule has 3 rings (SSSR count). The quantitative estimate of drug-likeness (QED) is 0.843. The molecule has 1 unspecified atom stereocenters. The van der Waals surface area contributed by atoms with Crippen LogP contribution in [0.2, 0.25) is 10.0 Å². The summed E-state index contributed by atoms with van der Waals surface area (Å²) in [7, 11) is 0. The topological polar surface area (TPSA) is 80.7 Å². The number of aliphatic hydroxyl groups is 1. The Morgan fingerprint density at radius 3 is 3.08 bits per heavy atom. The number of ether oxygens (including phenoxy) is 2. The van der Waals surface area contributed by atoms with Gasteiger partial charge < -0.3 is 19.9 Å². The number of hydrogen-bond acceptors (Lipinski definition) is 5. The van der Waals surface area contributed by atoms with Crippen LogP contribution >= 0.6 is 23.2 Å². The van der Waals surface area contributed by atoms with E-state index in [0.29, 0.717) is 40.1 Å². The van der Waals surface area contributed by atoms with Gasteiger partial charge in [-0.05, 0) is 35.4 Å². The van der Waals surface area contributed by atoms with Crippen molar-refractivity contribution in [3.63, 3.8) is 0 Å². The Kier molecular flexibility index (Phi) is 5.63. The van der Waals surface area contributed by atoms with Gasteiger partial charge in [-0.1, -0.05) is 23.2 Å². The van der Waals surface area contributed by atoms with Crippen molar-refractivity contribution in [2.45, 2.75) is 25.7 Å². The molecule has 1 aliphatic rings. The van der Waals surface area contributed by atoms with Crippen molar-refractivity contribution < 1.29 is 19.4 Å². The van der Waals surface area contributed by atoms with Gasteiger partial charge >= 0.3 is 6.09 Å². The van der Waals surface area contributed by atoms with Crippen LogP contribution in [0.25, 0.3) is 0 Å². The number of carbonyl (C=O) groups excluding carboxylic acids is 1. The van der Waals surface area contributed by atoms with Gasteiger partial charge in [0.15, 0.2) is 0 Å². The molecule has 6 nitrogen and oxygen atoms in total. The summed E-state index contributed by atoms with van der Waals surface area (Å²) < 4.78 is 10.9. The standard InChI is InChI=1S/C17H16Cl2N2O4/c18-11-6-10(9-22)13(14(19)7-11)8-21-17(23)25-15-3-5-24-16-12(15)2-1-4-20-16/h1-2,4,6-7,15,22H,3,5,8-9H2,(H,21,23). The van der Waals surface area contributed by atoms with Gasteiger partial charge in [0, 0.05) is 29.2 Å². The van der Waals surface area contributed by atoms with Gasteiger partial charge in [-0.15, -0.1) is 0 Å². The lowest BCUT2D eigenvalue weighted by molar-refractivity contribution is 0.0676. The second-order valence-electron chi connectivity index (χ2n) is 5.47. The molecular weight excluding hydrogens is 367 g/mol. The third-order valence-corrected chi connectivity index (χ3v) is 4.40. The van der Waals surface area contributed by atoms with E-state index in [2.05, 4.69) is 10.3 Å². The number of hydrogen-bond donors (Lipinski definition) is 2. The van der Waals surface area contributed by atoms with Crippen molar-refractivity contribution in [3.8, 4) is 5.88 Å². The number of carbonyl (C=O) groups is 1. The molecule has 0 radical (unpaired) electrons. The minimum absolute atomic E-state index is 0.119. The van der Waals surface area contributed by atoms with E-state index in [1.54, 1.807) is 24.4 Å². The van der Waals surface area contributed by atoms with Crippen LogP contribution in [0.5, 0.6) is 5.88 Å². The van der Waals surface area contributed by atoms with Crippen LogP contribution in [0.15, 0.2) is 30.5 Å². The Morgan fingerprint density at radius 1 is 1.44 bits per heavy atom. The first-order valence-electron chi connectivity index (χ1n) is 7.68. The van der Waals surface area contributed by atoms with E-state index in [1.807, 2.05) is 6.07 Å². The van der Waals surface area contributed by atoms with Crippen LogP contribution < -0.4 is 10.1 Å². The van der Waals surface area contributed by atoms with Gasteiger partial charge in [0.25, 0.3) is 0 Å². The number of pyridine rings is 1. The number of benzene rings is 1. The number of aliphatic hydroxyl groups excluding tert-OH is 1. The average Bonchev–Trinajstić information content (AvgIpc) is 2.60. The maximum Gasteiger partial charge on any atom is 0.408 e. The number of nitrogens with zero attached hydrogens (tertiary/aromatic N) is 1. The van der Waals surface area contributed by atoms with Gasteiger partial charge in [0.1, 0.15) is 6.10 Å². The molecule has 0 fully saturated rings. The van der Waals surface area contributed by atoms with Crippen molar-refractivity contribution in [2.24, 2.45) is 0 Å². The molecule has 1 aromatic heterocycles. The molecule has 132 valence electrons. The predicted molar refractivity (Wildman–Crippen MR) is 92.8 cm³/mol. The second kappa shape index (κ2) is 7.91. The van der Waals surface area contributed by atoms with Crippen LogP contribution in [0.1, 0.15) is 29.2 Å². The van der Waals surface area contributed by atoms with E-state index in [0.717, 1.165) is 5.56 Å². The highest BCUT2D eigenvalue weighted by atomic mass is 35.5. The summed E-state index contributed by atoms with van der Waals surface area (Å²) in [6.45, 7) is 0.318. The van der Waals surface area contributed by atoms with Crippen molar-refractivity contribution in [1.82, 2.24) is 10.3 Å². The molecule has 0 saturated heterocycles. The number of halogens is 2. The van der Waals surface area contributed by atoms with Crippen LogP contribution in [0.4, 0.5) is 4.79 Å². The zero-order valence-corrected chi connectivity index (χ0v) is 14.7. The van der Waals surface area contributed by atoms with Gasteiger partial charge in [0.2, 0.25) is 5.88 Å². The lowest BCUT2D eigenvalue weighted by atomic mass is 10.1. The zero-order valence-electron chi connectivity index (χ0n) is 13.2. The maximum absolute atomic E-state index is 12.1. The highest BCUT2D eigenvalue weighted by Crippen LogP contribution is 2.32. The number of fused-ring (bicyclic) bond motifs is 1. The van der Waals surface area contributed by atoms with E-state index in [4.69, 9.17) is 32.7 Å². The fourth-order valence-electron chi connectivity index (χ4n) is 2.64. The molecule has 2 N–H and O–H groups in total. The SMILES string of the molecule is O=C(NCc1c(Cl)cc(Cl)cc1CO)OC1CCOc2ncccc21. The molecule has 1 aliphatic heterocycles. The summed E-state index contributed by atoms with van der Waals surface area (Å²) in [6.07, 6.45) is 1.17. The Morgan fingerprint density at radius 2 is 2.28 bits per heavy atom. The summed E-state index contributed by atoms with van der Waals surface area (Å²) in [5.41, 5.74) is 1.89. The van der Waals surface area contributed by atoms with Gasteiger partial charge in [-0.3, -0.25) is 0 Å². The molecule has 0 spiro atoms. The number of alkyl carbamates (subject to hydrolysis) is 1. The third-order valence-electron chi connectivity index (χ3n) is 3.85. The molecule has 8 heteroatoms. The molecule has 2 heterocycles. The smallest absolute Gasteiger partial charge is 0.408 e. The Balaban J connectivity index is 1.65. The summed E-state index contributed by atoms with van der Waals surface area (Å²) >= 11 is 12.1. The van der Waals surface area contributed by atoms with E-state index >= 15 is 0 Å². The molecule has 1 aromatic carbocycles. The lowest BCUT2D eigenvalue weighted by Crippen LogP contribution is -2.28. The van der Waals surface area contributed by atoms with E-state index in [-0.39, 0.29) is 13.2 Å². The molecule has 25 heavy (non-hydrogen) atoms. The molecule has 0 bridgehead atoms. The number of rotatable bonds is 4. The van der Waals surface area contributed by atoms with Gasteiger partial charge in [0.05, 0.1) is 18.8 Å². The number of nitrogens with one attached hydrogen (secondary N) is 1. The maximum atomic E-state index is 12.1. The minimum Gasteiger partial charge on any atom is -0.477 e. The predicted octanol–water partition coefficient (Wildman–Crippen LogP) is 3.63. The highest BCUT2D eigenvalue weighted by Gasteiger charge is 2.25. The Hall–Kier alpha value is -2.02. The molecule has 0 saturated carbocycles. The van der Waals surface area contributed by atoms with E-state index < -0.39 is 12.2 Å². The fraction of sp³-hybridized carbons (Fsp3) is 0.294. The van der Waals surface area contributed by atoms with Crippen LogP contribution in [-0.4, -0.2) is 22.8 Å². The summed E-state index contributed by atoms with van der Waals surface area (Å²) in [6, 6.07) is 6.75. The van der Waals surface area contributed by atoms with E-state index in [9.17, 15) is 9.90 Å². The lowest BCUT2D eigenvalue weighted by Gasteiger charge is -2.24. The second-order valence-corrected chi connectivity index (χ2v) is 6.31. The molecule has 1 atom stereocenters. The normalized spacial score (nSPS) is 15.9. The number of aromatic nitrogens is 1. The molecular formula is C17H16Cl2N2O4. The first-order valence-corrected chi connectivity index (χ1v) is 8.44. The van der Waals surface area contributed by atoms with Crippen molar-refractivity contribution in [2.75, 3.05) is 6.61 Å². The average molecular weight is 383 g/mol. The van der Waals surface area contributed by atoms with Crippen LogP contribution in [-0.2, 0) is 17.9 Å². The minimum atomic E-state index is -0.586. The zero-order chi connectivity index (χ0) is 17.8. The van der Waals surface area contributed by atoms with Crippen molar-refractivity contribution in [3.05, 3.63) is 57.2 Å². The monoisotopic (exact) mass is 382 g/mol. The molecule has 2 aromatic rings. The largest absolute Gasteiger partial charge is 0.477 e. The fourth-order valence-corrected chi connectivity index (χ4v) is 3.24. The van der Waals surface area contributed by atoms with Crippen molar-refractivity contribution >= 4 is 29.3 Å². The Bertz CT molecular complexity index is 785. The first-order chi connectivity index (χ1) is 12.1. The van der Waals surface area contributed by atoms with Crippen molar-refractivity contribution in [1.29, 1.82) is 0 Å². The third kappa shape index (κ3) is 4.15. The van der Waals surface area contributed by atoms with Gasteiger partial charge in [-0.25, -0.2) is 9.78 Å². The first kappa shape index (κ1) is 17.8. The van der Waals surface area contributed by atoms with Crippen LogP contribution in [0.3, 0.4) is 0 Å². The highest BCUT2D eigenvalue weighted by molar-refractivity contribution is 6.35.